The van der Waals surface area contributed by atoms with Crippen LogP contribution in [-0.4, -0.2) is 66.4 Å². The molecule has 1 aromatic heterocycles. The Morgan fingerprint density at radius 3 is 2.39 bits per heavy atom. The molecule has 0 aromatic carbocycles. The van der Waals surface area contributed by atoms with Crippen molar-refractivity contribution < 1.29 is 0 Å². The Labute approximate surface area is 108 Å². The van der Waals surface area contributed by atoms with Gasteiger partial charge >= 0.3 is 0 Å². The van der Waals surface area contributed by atoms with Crippen LogP contribution in [0.3, 0.4) is 0 Å². The van der Waals surface area contributed by atoms with Gasteiger partial charge in [-0.3, -0.25) is 0 Å². The van der Waals surface area contributed by atoms with E-state index in [0.717, 1.165) is 51.0 Å². The lowest BCUT2D eigenvalue weighted by molar-refractivity contribution is 0.312. The summed E-state index contributed by atoms with van der Waals surface area (Å²) in [7, 11) is 2.16. The fourth-order valence-corrected chi connectivity index (χ4v) is 2.52. The van der Waals surface area contributed by atoms with Gasteiger partial charge in [0.25, 0.3) is 0 Å². The molecule has 2 aliphatic heterocycles. The average Bonchev–Trinajstić information content (AvgIpc) is 2.94. The molecule has 6 heteroatoms. The summed E-state index contributed by atoms with van der Waals surface area (Å²) in [5.74, 6) is 1.77. The highest BCUT2D eigenvalue weighted by Gasteiger charge is 2.19. The zero-order chi connectivity index (χ0) is 12.4. The summed E-state index contributed by atoms with van der Waals surface area (Å²) >= 11 is 0. The minimum atomic E-state index is 0.795. The van der Waals surface area contributed by atoms with Gasteiger partial charge in [0.05, 0.1) is 6.20 Å². The number of anilines is 2. The second-order valence-corrected chi connectivity index (χ2v) is 5.10. The highest BCUT2D eigenvalue weighted by atomic mass is 15.4. The van der Waals surface area contributed by atoms with E-state index in [2.05, 4.69) is 36.9 Å². The molecule has 3 rings (SSSR count). The molecular formula is C12H20N6. The molecule has 0 atom stereocenters. The first-order valence-corrected chi connectivity index (χ1v) is 6.71. The van der Waals surface area contributed by atoms with E-state index < -0.39 is 0 Å². The number of likely N-dealkylation sites (N-methyl/N-ethyl adjacent to an activating group) is 1. The summed E-state index contributed by atoms with van der Waals surface area (Å²) in [4.78, 5) is 11.5. The van der Waals surface area contributed by atoms with Gasteiger partial charge in [-0.2, -0.15) is 10.1 Å². The van der Waals surface area contributed by atoms with Crippen molar-refractivity contribution in [2.24, 2.45) is 0 Å². The van der Waals surface area contributed by atoms with Gasteiger partial charge in [0, 0.05) is 39.3 Å². The first-order chi connectivity index (χ1) is 8.83. The van der Waals surface area contributed by atoms with Crippen molar-refractivity contribution in [1.82, 2.24) is 20.1 Å². The van der Waals surface area contributed by atoms with Crippen LogP contribution in [0.1, 0.15) is 12.8 Å². The number of hydrogen-bond acceptors (Lipinski definition) is 6. The molecule has 0 aliphatic carbocycles. The van der Waals surface area contributed by atoms with Crippen LogP contribution in [-0.2, 0) is 0 Å². The number of nitrogens with zero attached hydrogens (tertiary/aromatic N) is 6. The first kappa shape index (κ1) is 11.6. The molecule has 2 fully saturated rings. The van der Waals surface area contributed by atoms with Crippen molar-refractivity contribution in [1.29, 1.82) is 0 Å². The molecule has 98 valence electrons. The van der Waals surface area contributed by atoms with E-state index in [1.54, 1.807) is 6.20 Å². The van der Waals surface area contributed by atoms with Crippen LogP contribution in [0.25, 0.3) is 0 Å². The number of hydrogen-bond donors (Lipinski definition) is 0. The third-order valence-corrected chi connectivity index (χ3v) is 3.75. The molecule has 0 N–H and O–H groups in total. The highest BCUT2D eigenvalue weighted by molar-refractivity contribution is 5.42. The van der Waals surface area contributed by atoms with E-state index in [1.165, 1.54) is 12.8 Å². The molecular weight excluding hydrogens is 228 g/mol. The molecule has 0 saturated carbocycles. The van der Waals surface area contributed by atoms with Crippen LogP contribution in [0.5, 0.6) is 0 Å². The summed E-state index contributed by atoms with van der Waals surface area (Å²) < 4.78 is 0. The summed E-state index contributed by atoms with van der Waals surface area (Å²) in [6.07, 6.45) is 4.26. The Bertz CT molecular complexity index is 395. The standard InChI is InChI=1S/C12H20N6/c1-16-6-8-17(9-7-16)11-10-13-15-12(14-11)18-4-2-3-5-18/h10H,2-9H2,1H3. The van der Waals surface area contributed by atoms with Crippen LogP contribution in [0, 0.1) is 0 Å². The maximum absolute atomic E-state index is 4.66. The smallest absolute Gasteiger partial charge is 0.247 e. The zero-order valence-electron chi connectivity index (χ0n) is 10.9. The lowest BCUT2D eigenvalue weighted by Gasteiger charge is -2.33. The van der Waals surface area contributed by atoms with Crippen molar-refractivity contribution in [3.05, 3.63) is 6.20 Å². The molecule has 18 heavy (non-hydrogen) atoms. The van der Waals surface area contributed by atoms with Crippen LogP contribution in [0.4, 0.5) is 11.8 Å². The summed E-state index contributed by atoms with van der Waals surface area (Å²) in [6, 6.07) is 0. The van der Waals surface area contributed by atoms with E-state index in [4.69, 9.17) is 0 Å². The molecule has 0 unspecified atom stereocenters. The largest absolute Gasteiger partial charge is 0.353 e. The topological polar surface area (TPSA) is 48.4 Å². The molecule has 2 saturated heterocycles. The Morgan fingerprint density at radius 2 is 1.67 bits per heavy atom. The van der Waals surface area contributed by atoms with Gasteiger partial charge in [0.1, 0.15) is 0 Å². The number of piperazine rings is 1. The van der Waals surface area contributed by atoms with E-state index in [9.17, 15) is 0 Å². The van der Waals surface area contributed by atoms with Crippen LogP contribution >= 0.6 is 0 Å². The normalized spacial score (nSPS) is 21.6. The number of rotatable bonds is 2. The number of aromatic nitrogens is 3. The SMILES string of the molecule is CN1CCN(c2cnnc(N3CCCC3)n2)CC1. The Morgan fingerprint density at radius 1 is 0.944 bits per heavy atom. The van der Waals surface area contributed by atoms with Gasteiger partial charge in [-0.15, -0.1) is 5.10 Å². The van der Waals surface area contributed by atoms with Gasteiger partial charge in [-0.1, -0.05) is 0 Å². The Hall–Kier alpha value is -1.43. The predicted octanol–water partition coefficient (Wildman–Crippen LogP) is 0.224. The van der Waals surface area contributed by atoms with Gasteiger partial charge in [-0.25, -0.2) is 0 Å². The van der Waals surface area contributed by atoms with E-state index >= 15 is 0 Å². The molecule has 2 aliphatic rings. The van der Waals surface area contributed by atoms with Crippen LogP contribution < -0.4 is 9.80 Å². The summed E-state index contributed by atoms with van der Waals surface area (Å²) in [6.45, 7) is 6.34. The minimum Gasteiger partial charge on any atom is -0.353 e. The van der Waals surface area contributed by atoms with Crippen molar-refractivity contribution in [3.63, 3.8) is 0 Å². The second kappa shape index (κ2) is 5.06. The highest BCUT2D eigenvalue weighted by Crippen LogP contribution is 2.18. The van der Waals surface area contributed by atoms with E-state index in [0.29, 0.717) is 0 Å². The third kappa shape index (κ3) is 2.38. The molecule has 0 radical (unpaired) electrons. The lowest BCUT2D eigenvalue weighted by atomic mass is 10.3. The van der Waals surface area contributed by atoms with Gasteiger partial charge in [0.15, 0.2) is 5.82 Å². The van der Waals surface area contributed by atoms with Crippen LogP contribution in [0.15, 0.2) is 6.20 Å². The summed E-state index contributed by atoms with van der Waals surface area (Å²) in [5.41, 5.74) is 0. The van der Waals surface area contributed by atoms with Crippen molar-refractivity contribution in [3.8, 4) is 0 Å². The first-order valence-electron chi connectivity index (χ1n) is 6.71. The monoisotopic (exact) mass is 248 g/mol. The quantitative estimate of drug-likeness (QED) is 0.746. The van der Waals surface area contributed by atoms with Crippen LogP contribution in [0.2, 0.25) is 0 Å². The minimum absolute atomic E-state index is 0.795. The average molecular weight is 248 g/mol. The molecule has 1 aromatic rings. The Kier molecular flexibility index (Phi) is 3.27. The zero-order valence-corrected chi connectivity index (χ0v) is 10.9. The predicted molar refractivity (Wildman–Crippen MR) is 71.0 cm³/mol. The van der Waals surface area contributed by atoms with Gasteiger partial charge in [-0.05, 0) is 19.9 Å². The van der Waals surface area contributed by atoms with Gasteiger partial charge < -0.3 is 14.7 Å². The second-order valence-electron chi connectivity index (χ2n) is 5.10. The molecule has 0 amide bonds. The third-order valence-electron chi connectivity index (χ3n) is 3.75. The fraction of sp³-hybridized carbons (Fsp3) is 0.750. The molecule has 0 spiro atoms. The molecule has 0 bridgehead atoms. The van der Waals surface area contributed by atoms with Crippen molar-refractivity contribution in [2.75, 3.05) is 56.1 Å². The molecule has 3 heterocycles. The molecule has 6 nitrogen and oxygen atoms in total. The lowest BCUT2D eigenvalue weighted by Crippen LogP contribution is -2.45. The van der Waals surface area contributed by atoms with E-state index in [1.807, 2.05) is 0 Å². The van der Waals surface area contributed by atoms with Crippen molar-refractivity contribution in [2.45, 2.75) is 12.8 Å². The van der Waals surface area contributed by atoms with Gasteiger partial charge in [0.2, 0.25) is 5.95 Å². The summed E-state index contributed by atoms with van der Waals surface area (Å²) in [5, 5.41) is 8.27. The maximum Gasteiger partial charge on any atom is 0.247 e. The maximum atomic E-state index is 4.66. The fourth-order valence-electron chi connectivity index (χ4n) is 2.52. The van der Waals surface area contributed by atoms with Crippen molar-refractivity contribution >= 4 is 11.8 Å². The Balaban J connectivity index is 1.74. The van der Waals surface area contributed by atoms with E-state index in [-0.39, 0.29) is 0 Å².